The van der Waals surface area contributed by atoms with Crippen LogP contribution in [0.1, 0.15) is 38.3 Å². The summed E-state index contributed by atoms with van der Waals surface area (Å²) in [4.78, 5) is 15.8. The molecule has 2 N–H and O–H groups in total. The molecule has 0 fully saturated rings. The first-order chi connectivity index (χ1) is 11.9. The van der Waals surface area contributed by atoms with Gasteiger partial charge >= 0.3 is 5.97 Å². The Kier molecular flexibility index (Phi) is 4.28. The SMILES string of the molecule is Cc1cc(C)c2ccc(/C=C/c3cc(C(=O)O)ccc3O)nc2c1C. The van der Waals surface area contributed by atoms with Crippen LogP contribution in [0.25, 0.3) is 23.1 Å². The standard InChI is InChI=1S/C21H19NO3/c1-12-10-13(2)18-8-7-17(22-20(18)14(12)3)6-4-15-11-16(21(24)25)5-9-19(15)23/h4-11,23H,1-3H3,(H,24,25)/b6-4+. The molecule has 2 aromatic carbocycles. The molecule has 0 amide bonds. The van der Waals surface area contributed by atoms with Gasteiger partial charge in [0.05, 0.1) is 16.8 Å². The van der Waals surface area contributed by atoms with Crippen molar-refractivity contribution in [2.24, 2.45) is 0 Å². The molecule has 0 spiro atoms. The van der Waals surface area contributed by atoms with Crippen molar-refractivity contribution in [3.63, 3.8) is 0 Å². The Morgan fingerprint density at radius 1 is 1.00 bits per heavy atom. The van der Waals surface area contributed by atoms with Gasteiger partial charge in [-0.1, -0.05) is 12.1 Å². The van der Waals surface area contributed by atoms with Crippen LogP contribution in [-0.2, 0) is 0 Å². The average molecular weight is 333 g/mol. The lowest BCUT2D eigenvalue weighted by molar-refractivity contribution is 0.0697. The molecule has 0 aliphatic heterocycles. The van der Waals surface area contributed by atoms with Crippen LogP contribution in [0.15, 0.2) is 36.4 Å². The third-order valence-electron chi connectivity index (χ3n) is 4.43. The van der Waals surface area contributed by atoms with Crippen molar-refractivity contribution in [1.82, 2.24) is 4.98 Å². The summed E-state index contributed by atoms with van der Waals surface area (Å²) >= 11 is 0. The average Bonchev–Trinajstić information content (AvgIpc) is 2.58. The van der Waals surface area contributed by atoms with Gasteiger partial charge in [0, 0.05) is 10.9 Å². The smallest absolute Gasteiger partial charge is 0.335 e. The number of phenols is 1. The van der Waals surface area contributed by atoms with E-state index in [9.17, 15) is 9.90 Å². The second-order valence-corrected chi connectivity index (χ2v) is 6.18. The van der Waals surface area contributed by atoms with E-state index < -0.39 is 5.97 Å². The number of hydrogen-bond acceptors (Lipinski definition) is 3. The Hall–Kier alpha value is -3.14. The van der Waals surface area contributed by atoms with Crippen LogP contribution in [-0.4, -0.2) is 21.2 Å². The summed E-state index contributed by atoms with van der Waals surface area (Å²) < 4.78 is 0. The van der Waals surface area contributed by atoms with Gasteiger partial charge in [-0.15, -0.1) is 0 Å². The second-order valence-electron chi connectivity index (χ2n) is 6.18. The highest BCUT2D eigenvalue weighted by Crippen LogP contribution is 2.25. The molecule has 3 aromatic rings. The summed E-state index contributed by atoms with van der Waals surface area (Å²) in [6.07, 6.45) is 3.45. The zero-order chi connectivity index (χ0) is 18.1. The first-order valence-corrected chi connectivity index (χ1v) is 7.99. The number of aryl methyl sites for hydroxylation is 3. The highest BCUT2D eigenvalue weighted by Gasteiger charge is 2.07. The normalized spacial score (nSPS) is 11.3. The van der Waals surface area contributed by atoms with Gasteiger partial charge in [0.1, 0.15) is 5.75 Å². The fourth-order valence-electron chi connectivity index (χ4n) is 2.86. The van der Waals surface area contributed by atoms with Crippen LogP contribution < -0.4 is 0 Å². The predicted molar refractivity (Wildman–Crippen MR) is 99.9 cm³/mol. The van der Waals surface area contributed by atoms with E-state index in [1.54, 1.807) is 12.2 Å². The number of carbonyl (C=O) groups is 1. The molecule has 0 radical (unpaired) electrons. The van der Waals surface area contributed by atoms with Gasteiger partial charge in [0.2, 0.25) is 0 Å². The van der Waals surface area contributed by atoms with E-state index >= 15 is 0 Å². The molecule has 0 aliphatic rings. The lowest BCUT2D eigenvalue weighted by Gasteiger charge is -2.09. The number of aromatic nitrogens is 1. The molecule has 1 aromatic heterocycles. The van der Waals surface area contributed by atoms with E-state index in [2.05, 4.69) is 26.8 Å². The molecule has 0 saturated carbocycles. The summed E-state index contributed by atoms with van der Waals surface area (Å²) in [6.45, 7) is 6.20. The topological polar surface area (TPSA) is 70.4 Å². The minimum absolute atomic E-state index is 0.0323. The van der Waals surface area contributed by atoms with Crippen LogP contribution in [0.4, 0.5) is 0 Å². The molecule has 1 heterocycles. The lowest BCUT2D eigenvalue weighted by Crippen LogP contribution is -1.96. The van der Waals surface area contributed by atoms with Crippen molar-refractivity contribution in [3.05, 3.63) is 69.9 Å². The molecular formula is C21H19NO3. The number of fused-ring (bicyclic) bond motifs is 1. The van der Waals surface area contributed by atoms with Crippen LogP contribution in [0, 0.1) is 20.8 Å². The van der Waals surface area contributed by atoms with Crippen molar-refractivity contribution >= 4 is 29.0 Å². The molecule has 126 valence electrons. The molecule has 0 bridgehead atoms. The van der Waals surface area contributed by atoms with E-state index in [0.29, 0.717) is 5.56 Å². The van der Waals surface area contributed by atoms with Crippen molar-refractivity contribution in [2.75, 3.05) is 0 Å². The second kappa shape index (κ2) is 6.40. The minimum Gasteiger partial charge on any atom is -0.507 e. The number of hydrogen-bond donors (Lipinski definition) is 2. The summed E-state index contributed by atoms with van der Waals surface area (Å²) in [6, 6.07) is 10.3. The molecule has 0 atom stereocenters. The molecule has 4 heteroatoms. The molecule has 0 aliphatic carbocycles. The first-order valence-electron chi connectivity index (χ1n) is 7.99. The third kappa shape index (κ3) is 3.24. The lowest BCUT2D eigenvalue weighted by atomic mass is 10.00. The highest BCUT2D eigenvalue weighted by atomic mass is 16.4. The number of carboxylic acids is 1. The number of carboxylic acid groups (broad SMARTS) is 1. The van der Waals surface area contributed by atoms with Crippen molar-refractivity contribution in [1.29, 1.82) is 0 Å². The van der Waals surface area contributed by atoms with E-state index in [0.717, 1.165) is 22.2 Å². The predicted octanol–water partition coefficient (Wildman–Crippen LogP) is 4.73. The summed E-state index contributed by atoms with van der Waals surface area (Å²) in [5, 5.41) is 20.1. The number of aromatic hydroxyl groups is 1. The Balaban J connectivity index is 2.04. The Bertz CT molecular complexity index is 1020. The van der Waals surface area contributed by atoms with Gasteiger partial charge in [-0.3, -0.25) is 0 Å². The molecule has 4 nitrogen and oxygen atoms in total. The molecule has 0 saturated heterocycles. The van der Waals surface area contributed by atoms with Crippen molar-refractivity contribution in [2.45, 2.75) is 20.8 Å². The van der Waals surface area contributed by atoms with Crippen LogP contribution in [0.5, 0.6) is 5.75 Å². The van der Waals surface area contributed by atoms with E-state index in [-0.39, 0.29) is 11.3 Å². The fraction of sp³-hybridized carbons (Fsp3) is 0.143. The van der Waals surface area contributed by atoms with Gasteiger partial charge in [-0.2, -0.15) is 0 Å². The minimum atomic E-state index is -1.03. The summed E-state index contributed by atoms with van der Waals surface area (Å²) in [7, 11) is 0. The van der Waals surface area contributed by atoms with Crippen LogP contribution >= 0.6 is 0 Å². The maximum Gasteiger partial charge on any atom is 0.335 e. The van der Waals surface area contributed by atoms with Gasteiger partial charge < -0.3 is 10.2 Å². The fourth-order valence-corrected chi connectivity index (χ4v) is 2.86. The van der Waals surface area contributed by atoms with Gasteiger partial charge in [0.25, 0.3) is 0 Å². The Labute approximate surface area is 146 Å². The molecule has 0 unspecified atom stereocenters. The zero-order valence-corrected chi connectivity index (χ0v) is 14.4. The molecular weight excluding hydrogens is 314 g/mol. The Morgan fingerprint density at radius 2 is 1.76 bits per heavy atom. The maximum absolute atomic E-state index is 11.1. The number of benzene rings is 2. The number of pyridine rings is 1. The van der Waals surface area contributed by atoms with Gasteiger partial charge in [-0.25, -0.2) is 9.78 Å². The molecule has 25 heavy (non-hydrogen) atoms. The largest absolute Gasteiger partial charge is 0.507 e. The third-order valence-corrected chi connectivity index (χ3v) is 4.43. The van der Waals surface area contributed by atoms with Crippen molar-refractivity contribution < 1.29 is 15.0 Å². The monoisotopic (exact) mass is 333 g/mol. The van der Waals surface area contributed by atoms with E-state index in [1.807, 2.05) is 12.1 Å². The van der Waals surface area contributed by atoms with E-state index in [4.69, 9.17) is 10.1 Å². The van der Waals surface area contributed by atoms with Crippen molar-refractivity contribution in [3.8, 4) is 5.75 Å². The number of rotatable bonds is 3. The maximum atomic E-state index is 11.1. The number of aromatic carboxylic acids is 1. The Morgan fingerprint density at radius 3 is 2.48 bits per heavy atom. The number of nitrogens with zero attached hydrogens (tertiary/aromatic N) is 1. The van der Waals surface area contributed by atoms with Gasteiger partial charge in [0.15, 0.2) is 0 Å². The summed E-state index contributed by atoms with van der Waals surface area (Å²) in [5.74, 6) is -0.995. The van der Waals surface area contributed by atoms with E-state index in [1.165, 1.54) is 29.3 Å². The quantitative estimate of drug-likeness (QED) is 0.726. The molecule has 3 rings (SSSR count). The van der Waals surface area contributed by atoms with Crippen LogP contribution in [0.3, 0.4) is 0 Å². The number of phenolic OH excluding ortho intramolecular Hbond substituents is 1. The van der Waals surface area contributed by atoms with Crippen LogP contribution in [0.2, 0.25) is 0 Å². The van der Waals surface area contributed by atoms with Gasteiger partial charge in [-0.05, 0) is 73.9 Å². The summed E-state index contributed by atoms with van der Waals surface area (Å²) in [5.41, 5.74) is 5.82. The highest BCUT2D eigenvalue weighted by molar-refractivity contribution is 5.90. The zero-order valence-electron chi connectivity index (χ0n) is 14.4. The first kappa shape index (κ1) is 16.7.